The zero-order valence-electron chi connectivity index (χ0n) is 6.04. The maximum atomic E-state index is 9.34. The topological polar surface area (TPSA) is 98.6 Å². The van der Waals surface area contributed by atoms with E-state index >= 15 is 0 Å². The maximum Gasteiger partial charge on any atom is 0.339 e. The van der Waals surface area contributed by atoms with Gasteiger partial charge in [0.25, 0.3) is 0 Å². The van der Waals surface area contributed by atoms with Crippen molar-refractivity contribution in [2.45, 2.75) is 13.3 Å². The standard InChI is InChI=1S/C3H10N2.C2H4O3/c4-2-1-3-5;1-2(3)5-4/h1-5H2;4H,1H3. The first-order valence-corrected chi connectivity index (χ1v) is 2.91. The highest BCUT2D eigenvalue weighted by atomic mass is 17.1. The Morgan fingerprint density at radius 1 is 1.50 bits per heavy atom. The van der Waals surface area contributed by atoms with E-state index in [0.29, 0.717) is 0 Å². The molecule has 0 rings (SSSR count). The Labute approximate surface area is 59.9 Å². The van der Waals surface area contributed by atoms with E-state index < -0.39 is 5.97 Å². The van der Waals surface area contributed by atoms with E-state index in [1.807, 2.05) is 0 Å². The highest BCUT2D eigenvalue weighted by Gasteiger charge is 1.79. The number of carbonyl (C=O) groups is 1. The van der Waals surface area contributed by atoms with Gasteiger partial charge in [0.2, 0.25) is 0 Å². The molecule has 0 fully saturated rings. The summed E-state index contributed by atoms with van der Waals surface area (Å²) in [6.07, 6.45) is 0.944. The van der Waals surface area contributed by atoms with Crippen molar-refractivity contribution in [3.8, 4) is 0 Å². The van der Waals surface area contributed by atoms with E-state index in [9.17, 15) is 4.79 Å². The van der Waals surface area contributed by atoms with Crippen molar-refractivity contribution in [2.75, 3.05) is 13.1 Å². The monoisotopic (exact) mass is 150 g/mol. The number of nitrogens with two attached hydrogens (primary N) is 2. The van der Waals surface area contributed by atoms with Crippen molar-refractivity contribution in [1.29, 1.82) is 0 Å². The Morgan fingerprint density at radius 3 is 1.80 bits per heavy atom. The van der Waals surface area contributed by atoms with Gasteiger partial charge in [-0.15, -0.1) is 0 Å². The molecule has 0 saturated heterocycles. The summed E-state index contributed by atoms with van der Waals surface area (Å²) in [6, 6.07) is 0. The molecule has 0 aliphatic carbocycles. The number of rotatable bonds is 2. The van der Waals surface area contributed by atoms with Gasteiger partial charge in [-0.2, -0.15) is 5.26 Å². The van der Waals surface area contributed by atoms with Gasteiger partial charge in [-0.05, 0) is 19.5 Å². The first-order chi connectivity index (χ1) is 4.68. The number of hydrogen-bond acceptors (Lipinski definition) is 5. The molecule has 5 heteroatoms. The highest BCUT2D eigenvalue weighted by molar-refractivity contribution is 5.64. The zero-order valence-corrected chi connectivity index (χ0v) is 6.04. The van der Waals surface area contributed by atoms with E-state index in [0.717, 1.165) is 26.4 Å². The van der Waals surface area contributed by atoms with Crippen LogP contribution in [0, 0.1) is 0 Å². The number of carbonyl (C=O) groups excluding carboxylic acids is 1. The van der Waals surface area contributed by atoms with Crippen molar-refractivity contribution < 1.29 is 14.9 Å². The Hall–Kier alpha value is -0.650. The van der Waals surface area contributed by atoms with E-state index in [4.69, 9.17) is 16.7 Å². The average Bonchev–Trinajstić information content (AvgIpc) is 1.91. The molecule has 0 radical (unpaired) electrons. The number of hydrogen-bond donors (Lipinski definition) is 3. The summed E-state index contributed by atoms with van der Waals surface area (Å²) in [5, 5.41) is 7.29. The smallest absolute Gasteiger partial charge is 0.330 e. The highest BCUT2D eigenvalue weighted by Crippen LogP contribution is 1.59. The molecule has 0 bridgehead atoms. The Morgan fingerprint density at radius 2 is 1.80 bits per heavy atom. The van der Waals surface area contributed by atoms with Crippen LogP contribution in [0.2, 0.25) is 0 Å². The van der Waals surface area contributed by atoms with Crippen LogP contribution in [0.3, 0.4) is 0 Å². The van der Waals surface area contributed by atoms with Crippen LogP contribution in [0.5, 0.6) is 0 Å². The third kappa shape index (κ3) is 26.4. The van der Waals surface area contributed by atoms with E-state index in [-0.39, 0.29) is 0 Å². The molecule has 0 aromatic carbocycles. The summed E-state index contributed by atoms with van der Waals surface area (Å²) >= 11 is 0. The quantitative estimate of drug-likeness (QED) is 0.357. The van der Waals surface area contributed by atoms with Crippen LogP contribution < -0.4 is 11.5 Å². The lowest BCUT2D eigenvalue weighted by Crippen LogP contribution is -2.06. The predicted molar refractivity (Wildman–Crippen MR) is 37.1 cm³/mol. The fraction of sp³-hybridized carbons (Fsp3) is 0.800. The predicted octanol–water partition coefficient (Wildman–Crippen LogP) is -0.684. The fourth-order valence-electron chi connectivity index (χ4n) is 0.118. The molecule has 5 N–H and O–H groups in total. The SMILES string of the molecule is CC(=O)OO.NCCCN. The van der Waals surface area contributed by atoms with Gasteiger partial charge in [0.1, 0.15) is 0 Å². The normalized spacial score (nSPS) is 7.60. The van der Waals surface area contributed by atoms with Gasteiger partial charge in [0, 0.05) is 6.92 Å². The molecule has 0 aliphatic rings. The molecule has 10 heavy (non-hydrogen) atoms. The molecule has 0 aliphatic heterocycles. The second-order valence-electron chi connectivity index (χ2n) is 1.51. The first-order valence-electron chi connectivity index (χ1n) is 2.91. The Balaban J connectivity index is 0. The summed E-state index contributed by atoms with van der Waals surface area (Å²) in [6.45, 7) is 2.55. The summed E-state index contributed by atoms with van der Waals surface area (Å²) in [7, 11) is 0. The molecule has 0 saturated carbocycles. The van der Waals surface area contributed by atoms with Gasteiger partial charge in [0.05, 0.1) is 0 Å². The van der Waals surface area contributed by atoms with Crippen molar-refractivity contribution in [1.82, 2.24) is 0 Å². The lowest BCUT2D eigenvalue weighted by molar-refractivity contribution is -0.231. The van der Waals surface area contributed by atoms with Crippen molar-refractivity contribution in [2.24, 2.45) is 11.5 Å². The minimum atomic E-state index is -0.690. The minimum Gasteiger partial charge on any atom is -0.330 e. The molecular formula is C5H14N2O3. The van der Waals surface area contributed by atoms with Gasteiger partial charge >= 0.3 is 5.97 Å². The van der Waals surface area contributed by atoms with Crippen molar-refractivity contribution in [3.63, 3.8) is 0 Å². The summed E-state index contributed by atoms with van der Waals surface area (Å²) in [4.78, 5) is 12.5. The van der Waals surface area contributed by atoms with Gasteiger partial charge < -0.3 is 16.4 Å². The van der Waals surface area contributed by atoms with E-state index in [1.54, 1.807) is 0 Å². The van der Waals surface area contributed by atoms with Crippen LogP contribution in [0.15, 0.2) is 0 Å². The second kappa shape index (κ2) is 11.2. The van der Waals surface area contributed by atoms with Crippen LogP contribution in [-0.2, 0) is 9.68 Å². The van der Waals surface area contributed by atoms with Crippen molar-refractivity contribution in [3.05, 3.63) is 0 Å². The Kier molecular flexibility index (Phi) is 13.5. The Bertz CT molecular complexity index is 75.3. The molecule has 62 valence electrons. The van der Waals surface area contributed by atoms with Gasteiger partial charge in [-0.25, -0.2) is 4.79 Å². The van der Waals surface area contributed by atoms with Crippen molar-refractivity contribution >= 4 is 5.97 Å². The lowest BCUT2D eigenvalue weighted by Gasteiger charge is -1.81. The molecule has 5 nitrogen and oxygen atoms in total. The summed E-state index contributed by atoms with van der Waals surface area (Å²) in [5.74, 6) is -0.690. The van der Waals surface area contributed by atoms with Crippen LogP contribution in [0.4, 0.5) is 0 Å². The summed E-state index contributed by atoms with van der Waals surface area (Å²) < 4.78 is 0. The molecule has 0 aromatic heterocycles. The van der Waals surface area contributed by atoms with Crippen LogP contribution >= 0.6 is 0 Å². The molecule has 0 spiro atoms. The average molecular weight is 150 g/mol. The molecular weight excluding hydrogens is 136 g/mol. The fourth-order valence-corrected chi connectivity index (χ4v) is 0.118. The molecule has 0 aromatic rings. The second-order valence-corrected chi connectivity index (χ2v) is 1.51. The van der Waals surface area contributed by atoms with Crippen LogP contribution in [0.25, 0.3) is 0 Å². The molecule has 0 heterocycles. The maximum absolute atomic E-state index is 9.34. The van der Waals surface area contributed by atoms with Gasteiger partial charge in [-0.1, -0.05) is 0 Å². The van der Waals surface area contributed by atoms with E-state index in [2.05, 4.69) is 4.89 Å². The third-order valence-electron chi connectivity index (χ3n) is 0.537. The third-order valence-corrected chi connectivity index (χ3v) is 0.537. The van der Waals surface area contributed by atoms with Gasteiger partial charge in [-0.3, -0.25) is 0 Å². The summed E-state index contributed by atoms with van der Waals surface area (Å²) in [5.41, 5.74) is 10.1. The molecule has 0 amide bonds. The largest absolute Gasteiger partial charge is 0.339 e. The van der Waals surface area contributed by atoms with Crippen LogP contribution in [-0.4, -0.2) is 24.3 Å². The minimum absolute atomic E-state index is 0.690. The zero-order chi connectivity index (χ0) is 8.41. The van der Waals surface area contributed by atoms with Gasteiger partial charge in [0.15, 0.2) is 0 Å². The van der Waals surface area contributed by atoms with E-state index in [1.165, 1.54) is 0 Å². The molecule has 0 atom stereocenters. The lowest BCUT2D eigenvalue weighted by atomic mass is 10.4. The first kappa shape index (κ1) is 12.1. The molecule has 0 unspecified atom stereocenters. The van der Waals surface area contributed by atoms with Crippen LogP contribution in [0.1, 0.15) is 13.3 Å².